The summed E-state index contributed by atoms with van der Waals surface area (Å²) in [5.74, 6) is -0.222. The van der Waals surface area contributed by atoms with Crippen molar-refractivity contribution in [3.63, 3.8) is 0 Å². The molecule has 3 rings (SSSR count). The van der Waals surface area contributed by atoms with Gasteiger partial charge in [0.25, 0.3) is 0 Å². The molecule has 1 atom stereocenters. The van der Waals surface area contributed by atoms with E-state index in [1.807, 2.05) is 19.1 Å². The van der Waals surface area contributed by atoms with Crippen LogP contribution in [0.4, 0.5) is 9.18 Å². The van der Waals surface area contributed by atoms with Gasteiger partial charge in [0.05, 0.1) is 16.9 Å². The van der Waals surface area contributed by atoms with Crippen molar-refractivity contribution < 1.29 is 9.18 Å². The van der Waals surface area contributed by atoms with Crippen molar-refractivity contribution in [1.29, 1.82) is 0 Å². The predicted molar refractivity (Wildman–Crippen MR) is 91.4 cm³/mol. The molecule has 122 valence electrons. The predicted octanol–water partition coefficient (Wildman–Crippen LogP) is 4.76. The van der Waals surface area contributed by atoms with Gasteiger partial charge in [-0.05, 0) is 55.2 Å². The lowest BCUT2D eigenvalue weighted by Crippen LogP contribution is -2.40. The Labute approximate surface area is 144 Å². The topological polar surface area (TPSA) is 32.3 Å². The van der Waals surface area contributed by atoms with E-state index in [9.17, 15) is 9.18 Å². The molecule has 0 radical (unpaired) electrons. The van der Waals surface area contributed by atoms with Crippen LogP contribution in [0.3, 0.4) is 0 Å². The summed E-state index contributed by atoms with van der Waals surface area (Å²) in [5.41, 5.74) is 2.01. The van der Waals surface area contributed by atoms with E-state index in [0.717, 1.165) is 33.2 Å². The molecule has 1 aliphatic rings. The molecule has 0 saturated carbocycles. The van der Waals surface area contributed by atoms with Gasteiger partial charge >= 0.3 is 6.03 Å². The molecule has 0 fully saturated rings. The Morgan fingerprint density at radius 2 is 2.26 bits per heavy atom. The second kappa shape index (κ2) is 6.89. The third-order valence-electron chi connectivity index (χ3n) is 4.12. The number of thiophene rings is 1. The number of hydrogen-bond acceptors (Lipinski definition) is 2. The molecule has 3 nitrogen and oxygen atoms in total. The van der Waals surface area contributed by atoms with Gasteiger partial charge < -0.3 is 10.2 Å². The minimum atomic E-state index is -0.222. The van der Waals surface area contributed by atoms with Gasteiger partial charge in [-0.2, -0.15) is 0 Å². The molecule has 1 aliphatic carbocycles. The van der Waals surface area contributed by atoms with E-state index in [4.69, 9.17) is 11.6 Å². The Morgan fingerprint density at radius 3 is 2.96 bits per heavy atom. The van der Waals surface area contributed by atoms with Gasteiger partial charge in [-0.15, -0.1) is 11.3 Å². The first kappa shape index (κ1) is 16.3. The van der Waals surface area contributed by atoms with Crippen LogP contribution in [0.1, 0.15) is 35.4 Å². The fourth-order valence-corrected chi connectivity index (χ4v) is 4.03. The minimum absolute atomic E-state index is 0.0425. The van der Waals surface area contributed by atoms with Crippen LogP contribution >= 0.6 is 22.9 Å². The fraction of sp³-hybridized carbons (Fsp3) is 0.353. The number of halogens is 2. The summed E-state index contributed by atoms with van der Waals surface area (Å²) in [6.07, 6.45) is 1.61. The second-order valence-electron chi connectivity index (χ2n) is 5.60. The SMILES string of the molecule is CCN(Cc1ccc(Cl)s1)C(=O)NC1CCc2cc(F)ccc21. The van der Waals surface area contributed by atoms with Crippen molar-refractivity contribution in [3.8, 4) is 0 Å². The fourth-order valence-electron chi connectivity index (χ4n) is 2.93. The summed E-state index contributed by atoms with van der Waals surface area (Å²) in [4.78, 5) is 15.3. The first-order valence-corrected chi connectivity index (χ1v) is 8.84. The monoisotopic (exact) mass is 352 g/mol. The quantitative estimate of drug-likeness (QED) is 0.845. The Bertz CT molecular complexity index is 718. The number of nitrogens with one attached hydrogen (secondary N) is 1. The molecule has 0 bridgehead atoms. The lowest BCUT2D eigenvalue weighted by Gasteiger charge is -2.23. The number of hydrogen-bond donors (Lipinski definition) is 1. The van der Waals surface area contributed by atoms with Crippen molar-refractivity contribution in [3.05, 3.63) is 56.5 Å². The Kier molecular flexibility index (Phi) is 4.87. The molecular weight excluding hydrogens is 335 g/mol. The Morgan fingerprint density at radius 1 is 1.43 bits per heavy atom. The highest BCUT2D eigenvalue weighted by Crippen LogP contribution is 2.31. The molecule has 2 amide bonds. The first-order chi connectivity index (χ1) is 11.1. The molecule has 6 heteroatoms. The number of fused-ring (bicyclic) bond motifs is 1. The zero-order valence-electron chi connectivity index (χ0n) is 12.8. The van der Waals surface area contributed by atoms with E-state index in [0.29, 0.717) is 13.1 Å². The van der Waals surface area contributed by atoms with Crippen LogP contribution in [0.15, 0.2) is 30.3 Å². The molecule has 1 aromatic heterocycles. The van der Waals surface area contributed by atoms with Crippen molar-refractivity contribution in [2.24, 2.45) is 0 Å². The van der Waals surface area contributed by atoms with Crippen molar-refractivity contribution in [2.75, 3.05) is 6.54 Å². The average Bonchev–Trinajstić information content (AvgIpc) is 3.11. The number of aryl methyl sites for hydroxylation is 1. The van der Waals surface area contributed by atoms with E-state index in [1.54, 1.807) is 17.0 Å². The molecule has 0 aliphatic heterocycles. The zero-order chi connectivity index (χ0) is 16.4. The maximum absolute atomic E-state index is 13.3. The summed E-state index contributed by atoms with van der Waals surface area (Å²) in [7, 11) is 0. The van der Waals surface area contributed by atoms with E-state index in [2.05, 4.69) is 5.32 Å². The van der Waals surface area contributed by atoms with Gasteiger partial charge in [-0.3, -0.25) is 0 Å². The molecule has 0 saturated heterocycles. The molecule has 2 aromatic rings. The van der Waals surface area contributed by atoms with Crippen LogP contribution in [0.25, 0.3) is 0 Å². The van der Waals surface area contributed by atoms with Crippen LogP contribution in [-0.2, 0) is 13.0 Å². The van der Waals surface area contributed by atoms with Gasteiger partial charge in [0.1, 0.15) is 5.82 Å². The number of amides is 2. The van der Waals surface area contributed by atoms with Gasteiger partial charge in [0.15, 0.2) is 0 Å². The van der Waals surface area contributed by atoms with E-state index >= 15 is 0 Å². The van der Waals surface area contributed by atoms with Crippen LogP contribution in [0.2, 0.25) is 4.34 Å². The molecule has 1 aromatic carbocycles. The number of rotatable bonds is 4. The zero-order valence-corrected chi connectivity index (χ0v) is 14.4. The van der Waals surface area contributed by atoms with Gasteiger partial charge in [0, 0.05) is 11.4 Å². The summed E-state index contributed by atoms with van der Waals surface area (Å²) in [6.45, 7) is 3.11. The van der Waals surface area contributed by atoms with E-state index < -0.39 is 0 Å². The normalized spacial score (nSPS) is 16.2. The summed E-state index contributed by atoms with van der Waals surface area (Å²) >= 11 is 7.43. The second-order valence-corrected chi connectivity index (χ2v) is 7.40. The maximum Gasteiger partial charge on any atom is 0.318 e. The number of carbonyl (C=O) groups is 1. The highest BCUT2D eigenvalue weighted by atomic mass is 35.5. The molecule has 0 spiro atoms. The van der Waals surface area contributed by atoms with Crippen LogP contribution in [-0.4, -0.2) is 17.5 Å². The van der Waals surface area contributed by atoms with E-state index in [-0.39, 0.29) is 17.9 Å². The number of benzene rings is 1. The number of carbonyl (C=O) groups excluding carboxylic acids is 1. The third kappa shape index (κ3) is 3.67. The molecule has 1 N–H and O–H groups in total. The minimum Gasteiger partial charge on any atom is -0.331 e. The van der Waals surface area contributed by atoms with E-state index in [1.165, 1.54) is 17.4 Å². The molecule has 1 unspecified atom stereocenters. The number of nitrogens with zero attached hydrogens (tertiary/aromatic N) is 1. The van der Waals surface area contributed by atoms with Crippen molar-refractivity contribution in [2.45, 2.75) is 32.4 Å². The van der Waals surface area contributed by atoms with Gasteiger partial charge in [-0.1, -0.05) is 17.7 Å². The maximum atomic E-state index is 13.3. The standard InChI is InChI=1S/C17H18ClFN2OS/c1-2-21(10-13-5-8-16(18)23-13)17(22)20-15-7-3-11-9-12(19)4-6-14(11)15/h4-6,8-9,15H,2-3,7,10H2,1H3,(H,20,22). The van der Waals surface area contributed by atoms with Crippen molar-refractivity contribution in [1.82, 2.24) is 10.2 Å². The lowest BCUT2D eigenvalue weighted by molar-refractivity contribution is 0.194. The third-order valence-corrected chi connectivity index (χ3v) is 5.34. The first-order valence-electron chi connectivity index (χ1n) is 7.64. The van der Waals surface area contributed by atoms with Crippen LogP contribution in [0.5, 0.6) is 0 Å². The van der Waals surface area contributed by atoms with Crippen LogP contribution < -0.4 is 5.32 Å². The molecular formula is C17H18ClFN2OS. The summed E-state index contributed by atoms with van der Waals surface area (Å²) in [5, 5.41) is 3.07. The number of urea groups is 1. The summed E-state index contributed by atoms with van der Waals surface area (Å²) < 4.78 is 14.0. The lowest BCUT2D eigenvalue weighted by atomic mass is 10.1. The Hall–Kier alpha value is -1.59. The molecule has 23 heavy (non-hydrogen) atoms. The van der Waals surface area contributed by atoms with Crippen molar-refractivity contribution >= 4 is 29.0 Å². The highest BCUT2D eigenvalue weighted by Gasteiger charge is 2.26. The Balaban J connectivity index is 1.66. The summed E-state index contributed by atoms with van der Waals surface area (Å²) in [6, 6.07) is 8.43. The largest absolute Gasteiger partial charge is 0.331 e. The average molecular weight is 353 g/mol. The smallest absolute Gasteiger partial charge is 0.318 e. The van der Waals surface area contributed by atoms with Gasteiger partial charge in [-0.25, -0.2) is 9.18 Å². The van der Waals surface area contributed by atoms with Crippen LogP contribution in [0, 0.1) is 5.82 Å². The van der Waals surface area contributed by atoms with Gasteiger partial charge in [0.2, 0.25) is 0 Å². The molecule has 1 heterocycles. The highest BCUT2D eigenvalue weighted by molar-refractivity contribution is 7.16.